The minimum Gasteiger partial charge on any atom is -0.464 e. The molecule has 3 saturated carbocycles. The molecule has 192 valence electrons. The Morgan fingerprint density at radius 1 is 1.16 bits per heavy atom. The first-order valence-corrected chi connectivity index (χ1v) is 13.8. The van der Waals surface area contributed by atoms with Gasteiger partial charge in [-0.3, -0.25) is 14.4 Å². The maximum Gasteiger partial charge on any atom is 0.331 e. The Hall–Kier alpha value is -3.35. The highest BCUT2D eigenvalue weighted by Gasteiger charge is 2.52. The molecule has 3 fully saturated rings. The van der Waals surface area contributed by atoms with E-state index in [2.05, 4.69) is 33.8 Å². The zero-order chi connectivity index (χ0) is 25.4. The van der Waals surface area contributed by atoms with Crippen LogP contribution in [0.3, 0.4) is 0 Å². The molecule has 0 aliphatic heterocycles. The number of carbonyl (C=O) groups is 2. The third-order valence-corrected chi connectivity index (χ3v) is 8.27. The number of rotatable bonds is 8. The van der Waals surface area contributed by atoms with E-state index in [0.29, 0.717) is 31.1 Å². The SMILES string of the molecule is CCOC(=O)[C@H](Cc1ccc(-n2c(CC3CC3)nc3cccnc32)cc1)N=C1CC(=O)C12CCCCC2. The molecule has 7 heteroatoms. The second kappa shape index (κ2) is 9.84. The van der Waals surface area contributed by atoms with Gasteiger partial charge in [-0.25, -0.2) is 14.8 Å². The lowest BCUT2D eigenvalue weighted by atomic mass is 9.58. The van der Waals surface area contributed by atoms with Crippen molar-refractivity contribution in [2.45, 2.75) is 77.2 Å². The number of carbonyl (C=O) groups excluding carboxylic acids is 2. The molecule has 0 radical (unpaired) electrons. The summed E-state index contributed by atoms with van der Waals surface area (Å²) in [6, 6.07) is 11.6. The summed E-state index contributed by atoms with van der Waals surface area (Å²) in [6.07, 6.45) is 11.1. The first kappa shape index (κ1) is 24.0. The molecule has 3 aromatic rings. The van der Waals surface area contributed by atoms with Crippen LogP contribution in [0.5, 0.6) is 0 Å². The van der Waals surface area contributed by atoms with Gasteiger partial charge in [0.25, 0.3) is 0 Å². The van der Waals surface area contributed by atoms with Crippen LogP contribution in [0.15, 0.2) is 47.6 Å². The minimum atomic E-state index is -0.631. The van der Waals surface area contributed by atoms with E-state index in [4.69, 9.17) is 14.7 Å². The summed E-state index contributed by atoms with van der Waals surface area (Å²) in [6.45, 7) is 2.13. The number of hydrogen-bond acceptors (Lipinski definition) is 6. The molecule has 0 unspecified atom stereocenters. The molecule has 2 aromatic heterocycles. The number of ether oxygens (including phenoxy) is 1. The molecular weight excluding hydrogens is 464 g/mol. The van der Waals surface area contributed by atoms with Gasteiger partial charge in [0.15, 0.2) is 11.7 Å². The van der Waals surface area contributed by atoms with Gasteiger partial charge in [-0.05, 0) is 68.4 Å². The molecule has 1 aromatic carbocycles. The monoisotopic (exact) mass is 498 g/mol. The van der Waals surface area contributed by atoms with Crippen LogP contribution in [0.2, 0.25) is 0 Å². The van der Waals surface area contributed by atoms with Crippen molar-refractivity contribution < 1.29 is 14.3 Å². The van der Waals surface area contributed by atoms with Gasteiger partial charge in [0.1, 0.15) is 17.1 Å². The van der Waals surface area contributed by atoms with Crippen LogP contribution in [-0.4, -0.2) is 44.6 Å². The Bertz CT molecular complexity index is 1350. The molecule has 3 aliphatic carbocycles. The van der Waals surface area contributed by atoms with Crippen molar-refractivity contribution in [3.8, 4) is 5.69 Å². The van der Waals surface area contributed by atoms with Crippen molar-refractivity contribution in [3.05, 3.63) is 54.0 Å². The average Bonchev–Trinajstić information content (AvgIpc) is 3.67. The van der Waals surface area contributed by atoms with Crippen LogP contribution in [-0.2, 0) is 27.2 Å². The summed E-state index contributed by atoms with van der Waals surface area (Å²) in [7, 11) is 0. The molecule has 0 amide bonds. The fourth-order valence-electron chi connectivity index (χ4n) is 6.00. The van der Waals surface area contributed by atoms with Gasteiger partial charge in [-0.15, -0.1) is 0 Å². The third kappa shape index (κ3) is 4.60. The van der Waals surface area contributed by atoms with E-state index in [1.165, 1.54) is 19.3 Å². The highest BCUT2D eigenvalue weighted by atomic mass is 16.5. The fraction of sp³-hybridized carbons (Fsp3) is 0.500. The maximum atomic E-state index is 12.9. The second-order valence-corrected chi connectivity index (χ2v) is 10.8. The lowest BCUT2D eigenvalue weighted by Gasteiger charge is -2.44. The number of ketones is 1. The highest BCUT2D eigenvalue weighted by molar-refractivity contribution is 6.27. The fourth-order valence-corrected chi connectivity index (χ4v) is 6.00. The maximum absolute atomic E-state index is 12.9. The number of aromatic nitrogens is 3. The summed E-state index contributed by atoms with van der Waals surface area (Å²) < 4.78 is 7.55. The topological polar surface area (TPSA) is 86.4 Å². The number of pyridine rings is 1. The van der Waals surface area contributed by atoms with E-state index in [1.54, 1.807) is 0 Å². The zero-order valence-electron chi connectivity index (χ0n) is 21.5. The molecule has 0 saturated heterocycles. The van der Waals surface area contributed by atoms with Crippen LogP contribution in [0, 0.1) is 11.3 Å². The zero-order valence-corrected chi connectivity index (χ0v) is 21.5. The summed E-state index contributed by atoms with van der Waals surface area (Å²) in [5.41, 5.74) is 4.30. The number of fused-ring (bicyclic) bond motifs is 1. The molecule has 37 heavy (non-hydrogen) atoms. The van der Waals surface area contributed by atoms with Crippen LogP contribution in [0.1, 0.15) is 69.7 Å². The normalized spacial score (nSPS) is 20.8. The standard InChI is InChI=1S/C30H34N4O3/c1-2-37-29(36)24(32-25-19-26(35)30(25)14-4-3-5-15-30)17-20-10-12-22(13-11-20)34-27(18-21-8-9-21)33-23-7-6-16-31-28(23)34/h6-7,10-13,16,21,24H,2-5,8-9,14-15,17-19H2,1H3/t24-/m0/s1. The Kier molecular flexibility index (Phi) is 6.39. The van der Waals surface area contributed by atoms with Gasteiger partial charge in [0.2, 0.25) is 0 Å². The Labute approximate surface area is 217 Å². The van der Waals surface area contributed by atoms with E-state index in [9.17, 15) is 9.59 Å². The lowest BCUT2D eigenvalue weighted by molar-refractivity contribution is -0.144. The quantitative estimate of drug-likeness (QED) is 0.398. The molecule has 7 nitrogen and oxygen atoms in total. The molecule has 0 bridgehead atoms. The summed E-state index contributed by atoms with van der Waals surface area (Å²) in [5.74, 6) is 1.74. The molecular formula is C30H34N4O3. The number of aliphatic imine (C=N–C) groups is 1. The van der Waals surface area contributed by atoms with Gasteiger partial charge in [0, 0.05) is 36.9 Å². The lowest BCUT2D eigenvalue weighted by Crippen LogP contribution is -2.52. The Morgan fingerprint density at radius 2 is 1.95 bits per heavy atom. The number of imidazole rings is 1. The van der Waals surface area contributed by atoms with Crippen molar-refractivity contribution in [3.63, 3.8) is 0 Å². The van der Waals surface area contributed by atoms with Crippen molar-refractivity contribution in [2.75, 3.05) is 6.61 Å². The molecule has 1 spiro atoms. The molecule has 6 rings (SSSR count). The minimum absolute atomic E-state index is 0.293. The Balaban J connectivity index is 1.27. The number of Topliss-reactive ketones (excluding diaryl/α,β-unsaturated/α-hetero) is 1. The van der Waals surface area contributed by atoms with E-state index < -0.39 is 11.5 Å². The van der Waals surface area contributed by atoms with Gasteiger partial charge < -0.3 is 4.74 Å². The summed E-state index contributed by atoms with van der Waals surface area (Å²) in [4.78, 5) is 39.8. The third-order valence-electron chi connectivity index (χ3n) is 8.27. The number of hydrogen-bond donors (Lipinski definition) is 0. The largest absolute Gasteiger partial charge is 0.464 e. The summed E-state index contributed by atoms with van der Waals surface area (Å²) in [5, 5.41) is 0. The highest BCUT2D eigenvalue weighted by Crippen LogP contribution is 2.47. The van der Waals surface area contributed by atoms with Crippen molar-refractivity contribution in [2.24, 2.45) is 16.3 Å². The predicted molar refractivity (Wildman–Crippen MR) is 142 cm³/mol. The van der Waals surface area contributed by atoms with E-state index in [0.717, 1.165) is 66.1 Å². The molecule has 2 heterocycles. The number of benzene rings is 1. The molecule has 3 aliphatic rings. The van der Waals surface area contributed by atoms with Gasteiger partial charge in [-0.2, -0.15) is 0 Å². The molecule has 1 atom stereocenters. The van der Waals surface area contributed by atoms with E-state index >= 15 is 0 Å². The summed E-state index contributed by atoms with van der Waals surface area (Å²) >= 11 is 0. The second-order valence-electron chi connectivity index (χ2n) is 10.8. The van der Waals surface area contributed by atoms with Crippen molar-refractivity contribution in [1.29, 1.82) is 0 Å². The van der Waals surface area contributed by atoms with Crippen LogP contribution < -0.4 is 0 Å². The van der Waals surface area contributed by atoms with Crippen LogP contribution >= 0.6 is 0 Å². The first-order chi connectivity index (χ1) is 18.1. The van der Waals surface area contributed by atoms with Crippen LogP contribution in [0.4, 0.5) is 0 Å². The predicted octanol–water partition coefficient (Wildman–Crippen LogP) is 5.21. The van der Waals surface area contributed by atoms with E-state index in [-0.39, 0.29) is 5.97 Å². The molecule has 0 N–H and O–H groups in total. The van der Waals surface area contributed by atoms with Gasteiger partial charge in [0.05, 0.1) is 12.0 Å². The van der Waals surface area contributed by atoms with Crippen molar-refractivity contribution in [1.82, 2.24) is 14.5 Å². The first-order valence-electron chi connectivity index (χ1n) is 13.8. The smallest absolute Gasteiger partial charge is 0.331 e. The van der Waals surface area contributed by atoms with Crippen molar-refractivity contribution >= 4 is 28.6 Å². The average molecular weight is 499 g/mol. The van der Waals surface area contributed by atoms with Crippen LogP contribution in [0.25, 0.3) is 16.9 Å². The van der Waals surface area contributed by atoms with Gasteiger partial charge >= 0.3 is 5.97 Å². The number of nitrogens with zero attached hydrogens (tertiary/aromatic N) is 4. The number of esters is 1. The Morgan fingerprint density at radius 3 is 2.65 bits per heavy atom. The van der Waals surface area contributed by atoms with Gasteiger partial charge in [-0.1, -0.05) is 31.4 Å². The van der Waals surface area contributed by atoms with E-state index in [1.807, 2.05) is 25.3 Å².